The summed E-state index contributed by atoms with van der Waals surface area (Å²) in [6, 6.07) is 14.4. The second-order valence-electron chi connectivity index (χ2n) is 5.14. The number of carbonyl (C=O) groups excluding carboxylic acids is 1. The second-order valence-corrected chi connectivity index (χ2v) is 5.14. The van der Waals surface area contributed by atoms with Crippen molar-refractivity contribution in [1.82, 2.24) is 0 Å². The Morgan fingerprint density at radius 3 is 2.86 bits per heavy atom. The number of benzene rings is 2. The molecule has 4 nitrogen and oxygen atoms in total. The van der Waals surface area contributed by atoms with Gasteiger partial charge in [-0.25, -0.2) is 0 Å². The minimum Gasteiger partial charge on any atom is -0.508 e. The largest absolute Gasteiger partial charge is 0.508 e. The van der Waals surface area contributed by atoms with E-state index in [2.05, 4.69) is 0 Å². The number of aromatic hydroxyl groups is 1. The number of nitrogens with zero attached hydrogens (tertiary/aromatic N) is 1. The number of likely N-dealkylation sites (N-methyl/N-ethyl adjacent to an activating group) is 1. The fourth-order valence-electron chi connectivity index (χ4n) is 2.66. The van der Waals surface area contributed by atoms with Crippen LogP contribution in [0.4, 0.5) is 5.69 Å². The van der Waals surface area contributed by atoms with E-state index in [1.807, 2.05) is 30.3 Å². The molecule has 2 aromatic rings. The first-order valence-corrected chi connectivity index (χ1v) is 6.95. The van der Waals surface area contributed by atoms with E-state index in [0.29, 0.717) is 18.7 Å². The number of hydrogen-bond donors (Lipinski definition) is 1. The molecule has 3 rings (SSSR count). The molecule has 0 aromatic heterocycles. The van der Waals surface area contributed by atoms with Crippen molar-refractivity contribution in [2.75, 3.05) is 18.6 Å². The molecule has 0 aliphatic carbocycles. The van der Waals surface area contributed by atoms with Gasteiger partial charge in [-0.3, -0.25) is 4.79 Å². The standard InChI is InChI=1S/C17H17NO3/c1-18(12-5-4-6-13(19)11-12)17(20)15-9-10-21-16-8-3-2-7-14(15)16/h2-8,11,15,19H,9-10H2,1H3. The van der Waals surface area contributed by atoms with Crippen molar-refractivity contribution in [2.24, 2.45) is 0 Å². The number of rotatable bonds is 2. The Balaban J connectivity index is 1.89. The van der Waals surface area contributed by atoms with Gasteiger partial charge in [0.1, 0.15) is 11.5 Å². The Bertz CT molecular complexity index is 669. The summed E-state index contributed by atoms with van der Waals surface area (Å²) in [5, 5.41) is 9.55. The molecular weight excluding hydrogens is 266 g/mol. The molecule has 1 atom stereocenters. The summed E-state index contributed by atoms with van der Waals surface area (Å²) in [5.74, 6) is 0.740. The molecular formula is C17H17NO3. The van der Waals surface area contributed by atoms with Crippen LogP contribution in [0.15, 0.2) is 48.5 Å². The Labute approximate surface area is 123 Å². The van der Waals surface area contributed by atoms with E-state index in [4.69, 9.17) is 4.74 Å². The highest BCUT2D eigenvalue weighted by Crippen LogP contribution is 2.35. The lowest BCUT2D eigenvalue weighted by atomic mass is 9.92. The Hall–Kier alpha value is -2.49. The van der Waals surface area contributed by atoms with Crippen LogP contribution in [0.1, 0.15) is 17.9 Å². The van der Waals surface area contributed by atoms with Gasteiger partial charge in [-0.15, -0.1) is 0 Å². The number of amides is 1. The van der Waals surface area contributed by atoms with Crippen molar-refractivity contribution >= 4 is 11.6 Å². The molecule has 4 heteroatoms. The van der Waals surface area contributed by atoms with Crippen molar-refractivity contribution in [3.05, 3.63) is 54.1 Å². The van der Waals surface area contributed by atoms with Crippen LogP contribution in [0.3, 0.4) is 0 Å². The molecule has 0 fully saturated rings. The molecule has 1 unspecified atom stereocenters. The van der Waals surface area contributed by atoms with Gasteiger partial charge in [0.25, 0.3) is 0 Å². The van der Waals surface area contributed by atoms with Gasteiger partial charge in [0.15, 0.2) is 0 Å². The average Bonchev–Trinajstić information content (AvgIpc) is 2.53. The third kappa shape index (κ3) is 2.57. The first kappa shape index (κ1) is 13.5. The maximum absolute atomic E-state index is 12.8. The van der Waals surface area contributed by atoms with Crippen molar-refractivity contribution < 1.29 is 14.6 Å². The van der Waals surface area contributed by atoms with Crippen LogP contribution in [-0.2, 0) is 4.79 Å². The maximum atomic E-state index is 12.8. The molecule has 1 aliphatic heterocycles. The highest BCUT2D eigenvalue weighted by Gasteiger charge is 2.30. The fraction of sp³-hybridized carbons (Fsp3) is 0.235. The van der Waals surface area contributed by atoms with Gasteiger partial charge in [-0.2, -0.15) is 0 Å². The van der Waals surface area contributed by atoms with E-state index in [1.54, 1.807) is 30.1 Å². The SMILES string of the molecule is CN(C(=O)C1CCOc2ccccc21)c1cccc(O)c1. The fourth-order valence-corrected chi connectivity index (χ4v) is 2.66. The molecule has 1 amide bonds. The van der Waals surface area contributed by atoms with Gasteiger partial charge in [0.05, 0.1) is 12.5 Å². The van der Waals surface area contributed by atoms with E-state index < -0.39 is 0 Å². The van der Waals surface area contributed by atoms with Crippen molar-refractivity contribution in [3.8, 4) is 11.5 Å². The van der Waals surface area contributed by atoms with Crippen LogP contribution in [0.2, 0.25) is 0 Å². The van der Waals surface area contributed by atoms with E-state index in [0.717, 1.165) is 11.3 Å². The summed E-state index contributed by atoms with van der Waals surface area (Å²) < 4.78 is 5.60. The quantitative estimate of drug-likeness (QED) is 0.922. The van der Waals surface area contributed by atoms with E-state index in [9.17, 15) is 9.90 Å². The Morgan fingerprint density at radius 1 is 1.24 bits per heavy atom. The van der Waals surface area contributed by atoms with E-state index in [1.165, 1.54) is 0 Å². The van der Waals surface area contributed by atoms with Crippen LogP contribution in [0, 0.1) is 0 Å². The highest BCUT2D eigenvalue weighted by molar-refractivity contribution is 5.98. The molecule has 2 aromatic carbocycles. The number of phenols is 1. The molecule has 1 aliphatic rings. The molecule has 0 spiro atoms. The number of hydrogen-bond acceptors (Lipinski definition) is 3. The van der Waals surface area contributed by atoms with Crippen LogP contribution in [0.5, 0.6) is 11.5 Å². The zero-order valence-electron chi connectivity index (χ0n) is 11.8. The van der Waals surface area contributed by atoms with E-state index >= 15 is 0 Å². The zero-order valence-corrected chi connectivity index (χ0v) is 11.8. The number of phenolic OH excluding ortho intramolecular Hbond substituents is 1. The number of fused-ring (bicyclic) bond motifs is 1. The van der Waals surface area contributed by atoms with Gasteiger partial charge in [0, 0.05) is 24.4 Å². The lowest BCUT2D eigenvalue weighted by Crippen LogP contribution is -2.34. The molecule has 0 bridgehead atoms. The van der Waals surface area contributed by atoms with Crippen molar-refractivity contribution in [1.29, 1.82) is 0 Å². The van der Waals surface area contributed by atoms with Crippen molar-refractivity contribution in [2.45, 2.75) is 12.3 Å². The highest BCUT2D eigenvalue weighted by atomic mass is 16.5. The van der Waals surface area contributed by atoms with E-state index in [-0.39, 0.29) is 17.6 Å². The molecule has 1 N–H and O–H groups in total. The monoisotopic (exact) mass is 283 g/mol. The number of anilines is 1. The Morgan fingerprint density at radius 2 is 2.05 bits per heavy atom. The summed E-state index contributed by atoms with van der Waals surface area (Å²) >= 11 is 0. The van der Waals surface area contributed by atoms with Gasteiger partial charge < -0.3 is 14.7 Å². The van der Waals surface area contributed by atoms with Crippen LogP contribution in [-0.4, -0.2) is 24.7 Å². The zero-order chi connectivity index (χ0) is 14.8. The molecule has 0 saturated heterocycles. The number of carbonyl (C=O) groups is 1. The summed E-state index contributed by atoms with van der Waals surface area (Å²) in [7, 11) is 1.73. The molecule has 108 valence electrons. The maximum Gasteiger partial charge on any atom is 0.234 e. The molecule has 0 saturated carbocycles. The predicted octanol–water partition coefficient (Wildman–Crippen LogP) is 2.92. The Kier molecular flexibility index (Phi) is 3.52. The lowest BCUT2D eigenvalue weighted by Gasteiger charge is -2.28. The lowest BCUT2D eigenvalue weighted by molar-refractivity contribution is -0.120. The average molecular weight is 283 g/mol. The smallest absolute Gasteiger partial charge is 0.234 e. The van der Waals surface area contributed by atoms with Crippen LogP contribution >= 0.6 is 0 Å². The minimum atomic E-state index is -0.206. The molecule has 0 radical (unpaired) electrons. The normalized spacial score (nSPS) is 16.7. The van der Waals surface area contributed by atoms with Gasteiger partial charge in [-0.1, -0.05) is 24.3 Å². The number of ether oxygens (including phenoxy) is 1. The third-order valence-electron chi connectivity index (χ3n) is 3.80. The third-order valence-corrected chi connectivity index (χ3v) is 3.80. The summed E-state index contributed by atoms with van der Waals surface area (Å²) in [5.41, 5.74) is 1.62. The van der Waals surface area contributed by atoms with Gasteiger partial charge in [0.2, 0.25) is 5.91 Å². The first-order chi connectivity index (χ1) is 10.2. The summed E-state index contributed by atoms with van der Waals surface area (Å²) in [6.45, 7) is 0.543. The topological polar surface area (TPSA) is 49.8 Å². The van der Waals surface area contributed by atoms with Gasteiger partial charge >= 0.3 is 0 Å². The van der Waals surface area contributed by atoms with Gasteiger partial charge in [-0.05, 0) is 24.6 Å². The first-order valence-electron chi connectivity index (χ1n) is 6.95. The summed E-state index contributed by atoms with van der Waals surface area (Å²) in [6.07, 6.45) is 0.666. The predicted molar refractivity (Wildman–Crippen MR) is 80.8 cm³/mol. The van der Waals surface area contributed by atoms with Crippen LogP contribution < -0.4 is 9.64 Å². The molecule has 1 heterocycles. The van der Waals surface area contributed by atoms with Crippen LogP contribution in [0.25, 0.3) is 0 Å². The summed E-state index contributed by atoms with van der Waals surface area (Å²) in [4.78, 5) is 14.4. The molecule has 21 heavy (non-hydrogen) atoms. The minimum absolute atomic E-state index is 0.0105. The second kappa shape index (κ2) is 5.48. The number of para-hydroxylation sites is 1. The van der Waals surface area contributed by atoms with Crippen molar-refractivity contribution in [3.63, 3.8) is 0 Å².